The molecule has 0 saturated carbocycles. The van der Waals surface area contributed by atoms with Crippen LogP contribution in [0.25, 0.3) is 0 Å². The van der Waals surface area contributed by atoms with E-state index in [1.807, 2.05) is 70.5 Å². The molecule has 11 aliphatic rings. The van der Waals surface area contributed by atoms with Gasteiger partial charge in [-0.2, -0.15) is 0 Å². The van der Waals surface area contributed by atoms with Gasteiger partial charge in [0.2, 0.25) is 6.29 Å². The van der Waals surface area contributed by atoms with Crippen molar-refractivity contribution >= 4 is 68.7 Å². The second kappa shape index (κ2) is 57.6. The summed E-state index contributed by atoms with van der Waals surface area (Å²) in [5.41, 5.74) is 1.51. The van der Waals surface area contributed by atoms with E-state index in [0.29, 0.717) is 69.4 Å². The largest absolute Gasteiger partial charge is 0.459 e. The van der Waals surface area contributed by atoms with Gasteiger partial charge in [0.15, 0.2) is 48.7 Å². The Hall–Kier alpha value is -4.47. The molecular weight excluding hydrogens is 1850 g/mol. The molecule has 0 aliphatic carbocycles. The zero-order chi connectivity index (χ0) is 97.4. The number of carbonyl (C=O) groups is 4. The number of rotatable bonds is 29. The quantitative estimate of drug-likeness (QED) is 0.0120. The van der Waals surface area contributed by atoms with Gasteiger partial charge in [-0.05, 0) is 155 Å². The molecule has 15 rings (SSSR count). The minimum atomic E-state index is -1.36. The first-order chi connectivity index (χ1) is 64.5. The van der Waals surface area contributed by atoms with E-state index in [4.69, 9.17) is 114 Å². The molecule has 21 unspecified atom stereocenters. The lowest BCUT2D eigenvalue weighted by Gasteiger charge is -2.45. The van der Waals surface area contributed by atoms with Crippen molar-refractivity contribution in [2.75, 3.05) is 136 Å². The predicted molar refractivity (Wildman–Crippen MR) is 495 cm³/mol. The Bertz CT molecular complexity index is 4000. The summed E-state index contributed by atoms with van der Waals surface area (Å²) in [5, 5.41) is 85.0. The van der Waals surface area contributed by atoms with Gasteiger partial charge in [-0.25, -0.2) is 24.4 Å². The van der Waals surface area contributed by atoms with Crippen LogP contribution in [0.5, 0.6) is 0 Å². The first-order valence-electron chi connectivity index (χ1n) is 44.9. The lowest BCUT2D eigenvalue weighted by Crippen LogP contribution is -2.62. The maximum Gasteiger partial charge on any atom is 0.338 e. The molecule has 11 saturated heterocycles. The third kappa shape index (κ3) is 31.8. The lowest BCUT2D eigenvalue weighted by atomic mass is 9.77. The standard InChI is InChI=1S/C21H27N3O3S.C19H27NO5.C18H27NO4.C9H18O6P2.C9H16O5P2.C7H14O6.C7H12O5/c1-14-17(12-22-3)15(2)20(28-21-23-10-7-11-24-21)27-18(14)13-26-19(25)16-8-5-4-6-9-16;1-12-16(10-20-4)13(2)19(24-14(3)21)25-17(12)11-23-18(22)15-8-6-5-7-9-15;1-12-15(10-19-3)13(2)18(21-4)23-16(12)11-22-17(20)14-8-6-5-7-9-14;1-12-8-6(11)5(10)7-4(14-8)3-13-9(15-7)17-16-2;1-10-8-7-6(13-7)5-4(12-8)3-11-9(14-5)16-15-2;1-12-7-6(11)5(10)4(9)3(2-8)13-7;1-10-7-6-5(12-6)4(9)3(2-8)11-7/h4-11,14-15,17-18,20,22H,12-13H2,1-3H3;5-9,12-13,16-17,19-20H,10-11H2,1-4H3;5-9,12-13,15-16,18-19H,10-11H2,1-4H3;4-11,16-17H,3H2,1-2H3;4-9,15-16H,3H2,1-2H3;3-11H,2H2,1H3;3-9H,2H2,1H3/t14-,15-,17?,18?,20-;12-,13-,16?,17?,19?;12-,13-,15?,16?,18-;4?,5?,6-,7+,8-,9?;4?,5-,6?,7+,8+,9?;2*3?,4-,5?,6+,7+/m0000111/s1. The summed E-state index contributed by atoms with van der Waals surface area (Å²) in [7, 11) is 16.2. The minimum Gasteiger partial charge on any atom is -0.459 e. The number of hydrogen-bond donors (Lipinski definition) is 11. The van der Waals surface area contributed by atoms with E-state index in [-0.39, 0.29) is 177 Å². The first kappa shape index (κ1) is 113. The van der Waals surface area contributed by atoms with Gasteiger partial charge in [-0.3, -0.25) is 4.79 Å². The van der Waals surface area contributed by atoms with Gasteiger partial charge >= 0.3 is 23.9 Å². The second-order valence-corrected chi connectivity index (χ2v) is 42.0. The molecule has 11 fully saturated rings. The summed E-state index contributed by atoms with van der Waals surface area (Å²) in [6.07, 6.45) is -10.1. The average Bonchev–Trinajstić information content (AvgIpc) is 1.59. The number of methoxy groups -OCH3 is 5. The number of aromatic nitrogens is 2. The molecule has 11 N–H and O–H groups in total. The fraction of sp³-hybridized carbons (Fsp3) is 0.711. The number of fused-ring (bicyclic) bond motifs is 5. The van der Waals surface area contributed by atoms with Crippen LogP contribution in [-0.2, 0) is 109 Å². The summed E-state index contributed by atoms with van der Waals surface area (Å²) in [6, 6.07) is 28.3. The SMILES string of the molecule is CNCC1[C@H](C)C(COC(=O)c2ccccc2)OC(OC(C)=O)[C@H]1C.CNCC1[C@H](C)C(COC(=O)c2ccccc2)O[C@@H](Sc2ncccn2)[C@H]1C.CNCC1[C@H](C)C(COC(=O)c2ccccc2)O[C@H](OC)[C@H]1C.CO[C@H]1OC(CO)[C@@H](O)C(O)[C@@H]1O.CO[C@H]1OC(CO)[C@@H](O)C2O[C@@H]21.CO[C@H]1OC2COC(PPC)O[C@H]2C(O)[C@@H]1O.CO[C@H]1OC2COC(PPC)O[C@H]2C2O[C@@H]21. The van der Waals surface area contributed by atoms with Gasteiger partial charge in [-0.1, -0.05) is 124 Å². The van der Waals surface area contributed by atoms with E-state index in [1.165, 1.54) is 40.0 Å². The third-order valence-corrected chi connectivity index (χ3v) is 31.0. The summed E-state index contributed by atoms with van der Waals surface area (Å²) >= 11 is 1.53. The zero-order valence-corrected chi connectivity index (χ0v) is 83.6. The van der Waals surface area contributed by atoms with Crippen molar-refractivity contribution in [1.82, 2.24) is 25.9 Å². The smallest absolute Gasteiger partial charge is 0.338 e. The normalized spacial score (nSPS) is 37.9. The van der Waals surface area contributed by atoms with Crippen molar-refractivity contribution in [1.29, 1.82) is 0 Å². The van der Waals surface area contributed by atoms with Crippen LogP contribution in [0.4, 0.5) is 0 Å². The monoisotopic (exact) mass is 1990 g/mol. The Morgan fingerprint density at radius 1 is 0.396 bits per heavy atom. The van der Waals surface area contributed by atoms with Crippen LogP contribution in [-0.4, -0.2) is 382 Å². The fourth-order valence-corrected chi connectivity index (χ4v) is 21.7. The van der Waals surface area contributed by atoms with E-state index in [2.05, 4.69) is 73.9 Å². The van der Waals surface area contributed by atoms with E-state index in [9.17, 15) is 49.8 Å². The van der Waals surface area contributed by atoms with Crippen LogP contribution < -0.4 is 16.0 Å². The molecule has 11 aliphatic heterocycles. The second-order valence-electron chi connectivity index (χ2n) is 33.7. The Morgan fingerprint density at radius 3 is 1.22 bits per heavy atom. The number of hydrogen-bond acceptors (Lipinski definition) is 40. The maximum atomic E-state index is 12.3. The first-order valence-corrected chi connectivity index (χ1v) is 53.0. The molecule has 0 spiro atoms. The number of esters is 4. The van der Waals surface area contributed by atoms with Crippen LogP contribution in [0, 0.1) is 53.3 Å². The number of epoxide rings is 2. The van der Waals surface area contributed by atoms with Crippen LogP contribution in [0.3, 0.4) is 0 Å². The van der Waals surface area contributed by atoms with Crippen molar-refractivity contribution in [3.05, 3.63) is 126 Å². The van der Waals surface area contributed by atoms with E-state index < -0.39 is 86.7 Å². The molecule has 41 atom stereocenters. The average molecular weight is 1990 g/mol. The van der Waals surface area contributed by atoms with Crippen molar-refractivity contribution in [3.8, 4) is 0 Å². The summed E-state index contributed by atoms with van der Waals surface area (Å²) in [4.78, 5) is 56.5. The summed E-state index contributed by atoms with van der Waals surface area (Å²) in [6.45, 7) is 21.7. The van der Waals surface area contributed by atoms with Gasteiger partial charge < -0.3 is 161 Å². The third-order valence-electron chi connectivity index (χ3n) is 25.0. The van der Waals surface area contributed by atoms with Gasteiger partial charge in [0.25, 0.3) is 0 Å². The van der Waals surface area contributed by atoms with Crippen molar-refractivity contribution < 1.29 is 164 Å². The molecule has 0 amide bonds. The molecule has 12 heterocycles. The Morgan fingerprint density at radius 2 is 0.769 bits per heavy atom. The van der Waals surface area contributed by atoms with Gasteiger partial charge in [0.05, 0.1) is 61.4 Å². The van der Waals surface area contributed by atoms with Crippen molar-refractivity contribution in [2.45, 2.75) is 225 Å². The molecule has 0 bridgehead atoms. The molecule has 39 nitrogen and oxygen atoms in total. The molecule has 756 valence electrons. The molecule has 1 aromatic heterocycles. The van der Waals surface area contributed by atoms with Gasteiger partial charge in [0.1, 0.15) is 123 Å². The Balaban J connectivity index is 0.000000179. The summed E-state index contributed by atoms with van der Waals surface area (Å²) < 4.78 is 120. The highest BCUT2D eigenvalue weighted by atomic mass is 32.2. The van der Waals surface area contributed by atoms with Crippen molar-refractivity contribution in [2.24, 2.45) is 53.3 Å². The number of carbonyl (C=O) groups excluding carboxylic acids is 4. The number of thioether (sulfide) groups is 1. The zero-order valence-electron chi connectivity index (χ0n) is 78.8. The van der Waals surface area contributed by atoms with Gasteiger partial charge in [0, 0.05) is 66.7 Å². The predicted octanol–water partition coefficient (Wildman–Crippen LogP) is 4.14. The number of nitrogens with zero attached hydrogens (tertiary/aromatic N) is 2. The number of benzene rings is 3. The van der Waals surface area contributed by atoms with E-state index in [1.54, 1.807) is 81.2 Å². The Kier molecular flexibility index (Phi) is 48.6. The number of ether oxygens (including phenoxy) is 22. The molecule has 0 radical (unpaired) electrons. The topological polar surface area (TPSA) is 502 Å². The minimum absolute atomic E-state index is 0.0269. The molecule has 4 aromatic rings. The molecule has 44 heteroatoms. The fourth-order valence-electron chi connectivity index (χ4n) is 17.1. The van der Waals surface area contributed by atoms with Gasteiger partial charge in [-0.15, -0.1) is 0 Å². The molecular formula is C90H141N5O34P4S. The molecule has 3 aromatic carbocycles. The van der Waals surface area contributed by atoms with Crippen LogP contribution >= 0.6 is 44.8 Å². The Labute approximate surface area is 795 Å². The summed E-state index contributed by atoms with van der Waals surface area (Å²) in [5.74, 6) is 0.926. The highest BCUT2D eigenvalue weighted by Crippen LogP contribution is 2.49. The van der Waals surface area contributed by atoms with E-state index >= 15 is 0 Å². The number of aliphatic hydroxyl groups is 8. The van der Waals surface area contributed by atoms with Crippen LogP contribution in [0.1, 0.15) is 79.5 Å². The van der Waals surface area contributed by atoms with Crippen LogP contribution in [0.2, 0.25) is 0 Å². The highest BCUT2D eigenvalue weighted by molar-refractivity contribution is 8.12. The molecule has 134 heavy (non-hydrogen) atoms. The number of aliphatic hydroxyl groups excluding tert-OH is 8. The maximum absolute atomic E-state index is 12.3. The van der Waals surface area contributed by atoms with E-state index in [0.717, 1.165) is 36.2 Å². The lowest BCUT2D eigenvalue weighted by molar-refractivity contribution is -0.341. The number of nitrogens with one attached hydrogen (secondary N) is 3. The highest BCUT2D eigenvalue weighted by Gasteiger charge is 2.61. The van der Waals surface area contributed by atoms with Crippen molar-refractivity contribution in [3.63, 3.8) is 0 Å². The van der Waals surface area contributed by atoms with Crippen LogP contribution in [0.15, 0.2) is 115 Å².